The predicted octanol–water partition coefficient (Wildman–Crippen LogP) is 2.31. The lowest BCUT2D eigenvalue weighted by molar-refractivity contribution is -0.136. The van der Waals surface area contributed by atoms with E-state index < -0.39 is 5.97 Å². The van der Waals surface area contributed by atoms with Crippen LogP contribution in [0.4, 0.5) is 0 Å². The Morgan fingerprint density at radius 1 is 1.35 bits per heavy atom. The average molecular weight is 236 g/mol. The van der Waals surface area contributed by atoms with Gasteiger partial charge in [0.05, 0.1) is 19.1 Å². The van der Waals surface area contributed by atoms with E-state index in [1.54, 1.807) is 18.2 Å². The third-order valence-corrected chi connectivity index (χ3v) is 2.40. The standard InChI is InChI=1S/C13H16O4/c1-3-4-11(14)10-6-5-9(8-13(15)16)7-12(10)17-2/h5-7H,3-4,8H2,1-2H3,(H,15,16). The Kier molecular flexibility index (Phi) is 4.69. The molecular weight excluding hydrogens is 220 g/mol. The number of carbonyl (C=O) groups excluding carboxylic acids is 1. The molecular formula is C13H16O4. The van der Waals surface area contributed by atoms with Gasteiger partial charge in [0.15, 0.2) is 5.78 Å². The van der Waals surface area contributed by atoms with Crippen LogP contribution in [0.1, 0.15) is 35.7 Å². The van der Waals surface area contributed by atoms with Crippen LogP contribution in [-0.4, -0.2) is 24.0 Å². The Morgan fingerprint density at radius 2 is 2.06 bits per heavy atom. The summed E-state index contributed by atoms with van der Waals surface area (Å²) in [5, 5.41) is 8.69. The topological polar surface area (TPSA) is 63.6 Å². The zero-order valence-corrected chi connectivity index (χ0v) is 10.0. The van der Waals surface area contributed by atoms with E-state index >= 15 is 0 Å². The van der Waals surface area contributed by atoms with Crippen molar-refractivity contribution >= 4 is 11.8 Å². The molecule has 17 heavy (non-hydrogen) atoms. The second kappa shape index (κ2) is 6.03. The van der Waals surface area contributed by atoms with Gasteiger partial charge in [0.2, 0.25) is 0 Å². The summed E-state index contributed by atoms with van der Waals surface area (Å²) in [5.74, 6) is -0.437. The first-order chi connectivity index (χ1) is 8.08. The molecule has 0 aliphatic rings. The van der Waals surface area contributed by atoms with Crippen molar-refractivity contribution in [2.75, 3.05) is 7.11 Å². The molecule has 1 aromatic carbocycles. The van der Waals surface area contributed by atoms with Crippen molar-refractivity contribution in [1.29, 1.82) is 0 Å². The molecule has 0 amide bonds. The molecule has 4 nitrogen and oxygen atoms in total. The van der Waals surface area contributed by atoms with Gasteiger partial charge >= 0.3 is 5.97 Å². The van der Waals surface area contributed by atoms with Gasteiger partial charge in [0, 0.05) is 6.42 Å². The van der Waals surface area contributed by atoms with Crippen LogP contribution in [0.15, 0.2) is 18.2 Å². The number of Topliss-reactive ketones (excluding diaryl/α,β-unsaturated/α-hetero) is 1. The molecule has 0 radical (unpaired) electrons. The minimum atomic E-state index is -0.903. The first kappa shape index (κ1) is 13.2. The van der Waals surface area contributed by atoms with E-state index in [1.165, 1.54) is 7.11 Å². The highest BCUT2D eigenvalue weighted by Crippen LogP contribution is 2.22. The summed E-state index contributed by atoms with van der Waals surface area (Å²) in [7, 11) is 1.47. The van der Waals surface area contributed by atoms with Gasteiger partial charge in [-0.2, -0.15) is 0 Å². The second-order valence-electron chi connectivity index (χ2n) is 3.78. The van der Waals surface area contributed by atoms with Crippen molar-refractivity contribution in [3.8, 4) is 5.75 Å². The molecule has 0 saturated carbocycles. The minimum absolute atomic E-state index is 0.0197. The van der Waals surface area contributed by atoms with Gasteiger partial charge in [-0.1, -0.05) is 13.0 Å². The minimum Gasteiger partial charge on any atom is -0.496 e. The van der Waals surface area contributed by atoms with Crippen molar-refractivity contribution in [2.45, 2.75) is 26.2 Å². The number of aliphatic carboxylic acids is 1. The zero-order valence-electron chi connectivity index (χ0n) is 10.0. The van der Waals surface area contributed by atoms with E-state index in [9.17, 15) is 9.59 Å². The fraction of sp³-hybridized carbons (Fsp3) is 0.385. The molecule has 92 valence electrons. The smallest absolute Gasteiger partial charge is 0.307 e. The number of methoxy groups -OCH3 is 1. The Hall–Kier alpha value is -1.84. The fourth-order valence-corrected chi connectivity index (χ4v) is 1.61. The normalized spacial score (nSPS) is 10.0. The Morgan fingerprint density at radius 3 is 2.59 bits per heavy atom. The highest BCUT2D eigenvalue weighted by Gasteiger charge is 2.12. The lowest BCUT2D eigenvalue weighted by Crippen LogP contribution is -2.05. The molecule has 1 aromatic rings. The average Bonchev–Trinajstić information content (AvgIpc) is 2.28. The molecule has 0 aliphatic heterocycles. The van der Waals surface area contributed by atoms with E-state index in [2.05, 4.69) is 0 Å². The van der Waals surface area contributed by atoms with Crippen LogP contribution in [0, 0.1) is 0 Å². The Labute approximate surface area is 100 Å². The molecule has 0 spiro atoms. The lowest BCUT2D eigenvalue weighted by atomic mass is 10.0. The summed E-state index contributed by atoms with van der Waals surface area (Å²) in [6, 6.07) is 4.89. The number of carboxylic acid groups (broad SMARTS) is 1. The van der Waals surface area contributed by atoms with Crippen molar-refractivity contribution in [3.05, 3.63) is 29.3 Å². The summed E-state index contributed by atoms with van der Waals surface area (Å²) < 4.78 is 5.12. The number of rotatable bonds is 6. The number of hydrogen-bond donors (Lipinski definition) is 1. The third kappa shape index (κ3) is 3.59. The Bertz CT molecular complexity index is 423. The van der Waals surface area contributed by atoms with Gasteiger partial charge in [-0.25, -0.2) is 0 Å². The number of ketones is 1. The van der Waals surface area contributed by atoms with Crippen LogP contribution in [0.5, 0.6) is 5.75 Å². The maximum atomic E-state index is 11.8. The monoisotopic (exact) mass is 236 g/mol. The van der Waals surface area contributed by atoms with Gasteiger partial charge in [-0.15, -0.1) is 0 Å². The van der Waals surface area contributed by atoms with Gasteiger partial charge in [-0.3, -0.25) is 9.59 Å². The molecule has 4 heteroatoms. The maximum absolute atomic E-state index is 11.8. The highest BCUT2D eigenvalue weighted by molar-refractivity contribution is 5.98. The van der Waals surface area contributed by atoms with E-state index in [0.29, 0.717) is 23.3 Å². The van der Waals surface area contributed by atoms with E-state index in [-0.39, 0.29) is 12.2 Å². The van der Waals surface area contributed by atoms with E-state index in [0.717, 1.165) is 6.42 Å². The van der Waals surface area contributed by atoms with Crippen molar-refractivity contribution < 1.29 is 19.4 Å². The molecule has 0 heterocycles. The molecule has 1 N–H and O–H groups in total. The van der Waals surface area contributed by atoms with Crippen LogP contribution in [0.3, 0.4) is 0 Å². The highest BCUT2D eigenvalue weighted by atomic mass is 16.5. The number of benzene rings is 1. The van der Waals surface area contributed by atoms with Crippen molar-refractivity contribution in [1.82, 2.24) is 0 Å². The van der Waals surface area contributed by atoms with Crippen LogP contribution in [0.2, 0.25) is 0 Å². The Balaban J connectivity index is 3.00. The number of carboxylic acids is 1. The number of hydrogen-bond acceptors (Lipinski definition) is 3. The zero-order chi connectivity index (χ0) is 12.8. The van der Waals surface area contributed by atoms with Crippen molar-refractivity contribution in [3.63, 3.8) is 0 Å². The maximum Gasteiger partial charge on any atom is 0.307 e. The molecule has 0 fully saturated rings. The second-order valence-corrected chi connectivity index (χ2v) is 3.78. The molecule has 0 atom stereocenters. The molecule has 0 unspecified atom stereocenters. The quantitative estimate of drug-likeness (QED) is 0.770. The molecule has 0 aliphatic carbocycles. The van der Waals surface area contributed by atoms with Gasteiger partial charge in [0.1, 0.15) is 5.75 Å². The number of ether oxygens (including phenoxy) is 1. The van der Waals surface area contributed by atoms with Gasteiger partial charge in [0.25, 0.3) is 0 Å². The van der Waals surface area contributed by atoms with Gasteiger partial charge in [-0.05, 0) is 24.1 Å². The van der Waals surface area contributed by atoms with Crippen LogP contribution < -0.4 is 4.74 Å². The van der Waals surface area contributed by atoms with Crippen LogP contribution >= 0.6 is 0 Å². The van der Waals surface area contributed by atoms with Crippen molar-refractivity contribution in [2.24, 2.45) is 0 Å². The summed E-state index contributed by atoms with van der Waals surface area (Å²) >= 11 is 0. The number of carbonyl (C=O) groups is 2. The van der Waals surface area contributed by atoms with Crippen LogP contribution in [0.25, 0.3) is 0 Å². The molecule has 0 saturated heterocycles. The first-order valence-corrected chi connectivity index (χ1v) is 5.50. The lowest BCUT2D eigenvalue weighted by Gasteiger charge is -2.08. The predicted molar refractivity (Wildman–Crippen MR) is 63.6 cm³/mol. The fourth-order valence-electron chi connectivity index (χ4n) is 1.61. The SMILES string of the molecule is CCCC(=O)c1ccc(CC(=O)O)cc1OC. The molecule has 0 bridgehead atoms. The summed E-state index contributed by atoms with van der Waals surface area (Å²) in [5.41, 5.74) is 1.14. The summed E-state index contributed by atoms with van der Waals surface area (Å²) in [6.07, 6.45) is 1.17. The van der Waals surface area contributed by atoms with E-state index in [4.69, 9.17) is 9.84 Å². The van der Waals surface area contributed by atoms with Gasteiger partial charge < -0.3 is 9.84 Å². The summed E-state index contributed by atoms with van der Waals surface area (Å²) in [4.78, 5) is 22.3. The first-order valence-electron chi connectivity index (χ1n) is 5.50. The largest absolute Gasteiger partial charge is 0.496 e. The molecule has 1 rings (SSSR count). The van der Waals surface area contributed by atoms with Crippen LogP contribution in [-0.2, 0) is 11.2 Å². The van der Waals surface area contributed by atoms with E-state index in [1.807, 2.05) is 6.92 Å². The summed E-state index contributed by atoms with van der Waals surface area (Å²) in [6.45, 7) is 1.93. The molecule has 0 aromatic heterocycles. The third-order valence-electron chi connectivity index (χ3n) is 2.40.